The molecule has 0 saturated carbocycles. The van der Waals surface area contributed by atoms with Crippen LogP contribution in [-0.4, -0.2) is 15.3 Å². The third-order valence-electron chi connectivity index (χ3n) is 5.93. The van der Waals surface area contributed by atoms with Gasteiger partial charge in [-0.25, -0.2) is 4.98 Å². The normalized spacial score (nSPS) is 11.0. The van der Waals surface area contributed by atoms with E-state index in [1.165, 1.54) is 0 Å². The predicted octanol–water partition coefficient (Wildman–Crippen LogP) is 7.11. The number of imidazole rings is 1. The molecule has 34 heavy (non-hydrogen) atoms. The standard InChI is InChI=1S/C29H24ClN3O/c1-19-5-14-26(23(16-19)17-21-6-10-24(30)11-7-21)29(34)31-25-12-8-22(9-13-25)27-18-33-15-3-4-20(2)28(33)32-27/h3-16,18H,17H2,1-2H3,(H,31,34). The van der Waals surface area contributed by atoms with Gasteiger partial charge in [0.1, 0.15) is 5.65 Å². The third-order valence-corrected chi connectivity index (χ3v) is 6.18. The van der Waals surface area contributed by atoms with Gasteiger partial charge in [0.25, 0.3) is 5.91 Å². The van der Waals surface area contributed by atoms with Crippen LogP contribution in [-0.2, 0) is 6.42 Å². The maximum atomic E-state index is 13.2. The van der Waals surface area contributed by atoms with Gasteiger partial charge in [0.2, 0.25) is 0 Å². The molecule has 2 heterocycles. The second-order valence-electron chi connectivity index (χ2n) is 8.54. The van der Waals surface area contributed by atoms with Gasteiger partial charge in [-0.15, -0.1) is 0 Å². The van der Waals surface area contributed by atoms with Gasteiger partial charge in [0, 0.05) is 34.2 Å². The van der Waals surface area contributed by atoms with Crippen molar-refractivity contribution in [3.8, 4) is 11.3 Å². The number of amides is 1. The number of hydrogen-bond acceptors (Lipinski definition) is 2. The Bertz CT molecular complexity index is 1480. The summed E-state index contributed by atoms with van der Waals surface area (Å²) in [5, 5.41) is 3.74. The first-order chi connectivity index (χ1) is 16.5. The zero-order valence-corrected chi connectivity index (χ0v) is 19.8. The Morgan fingerprint density at radius 3 is 2.47 bits per heavy atom. The van der Waals surface area contributed by atoms with Crippen molar-refractivity contribution in [3.05, 3.63) is 124 Å². The fraction of sp³-hybridized carbons (Fsp3) is 0.103. The molecule has 0 fully saturated rings. The number of nitrogens with zero attached hydrogens (tertiary/aromatic N) is 2. The first-order valence-corrected chi connectivity index (χ1v) is 11.5. The zero-order valence-electron chi connectivity index (χ0n) is 19.0. The minimum Gasteiger partial charge on any atom is -0.322 e. The molecule has 2 aromatic heterocycles. The van der Waals surface area contributed by atoms with Crippen molar-refractivity contribution in [1.29, 1.82) is 0 Å². The smallest absolute Gasteiger partial charge is 0.255 e. The Kier molecular flexibility index (Phi) is 5.91. The fourth-order valence-electron chi connectivity index (χ4n) is 4.13. The van der Waals surface area contributed by atoms with Crippen LogP contribution in [0.4, 0.5) is 5.69 Å². The molecular formula is C29H24ClN3O. The molecule has 0 spiro atoms. The molecule has 0 atom stereocenters. The Labute approximate surface area is 203 Å². The fourth-order valence-corrected chi connectivity index (χ4v) is 4.25. The van der Waals surface area contributed by atoms with E-state index in [4.69, 9.17) is 16.6 Å². The minimum atomic E-state index is -0.125. The molecule has 0 aliphatic carbocycles. The first kappa shape index (κ1) is 21.9. The maximum absolute atomic E-state index is 13.2. The summed E-state index contributed by atoms with van der Waals surface area (Å²) in [4.78, 5) is 17.9. The van der Waals surface area contributed by atoms with Gasteiger partial charge in [-0.3, -0.25) is 4.79 Å². The quantitative estimate of drug-likeness (QED) is 0.300. The molecule has 5 rings (SSSR count). The number of rotatable bonds is 5. The molecule has 0 bridgehead atoms. The van der Waals surface area contributed by atoms with Crippen molar-refractivity contribution in [2.24, 2.45) is 0 Å². The number of anilines is 1. The van der Waals surface area contributed by atoms with Crippen LogP contribution in [0.25, 0.3) is 16.9 Å². The molecule has 0 saturated heterocycles. The summed E-state index contributed by atoms with van der Waals surface area (Å²) in [6.07, 6.45) is 4.68. The van der Waals surface area contributed by atoms with Crippen LogP contribution >= 0.6 is 11.6 Å². The average Bonchev–Trinajstić information content (AvgIpc) is 3.27. The Morgan fingerprint density at radius 1 is 0.971 bits per heavy atom. The molecule has 0 unspecified atom stereocenters. The van der Waals surface area contributed by atoms with Gasteiger partial charge in [-0.1, -0.05) is 59.6 Å². The number of benzene rings is 3. The van der Waals surface area contributed by atoms with E-state index in [-0.39, 0.29) is 5.91 Å². The number of carbonyl (C=O) groups excluding carboxylic acids is 1. The third kappa shape index (κ3) is 4.59. The van der Waals surface area contributed by atoms with Gasteiger partial charge in [0.05, 0.1) is 5.69 Å². The number of aryl methyl sites for hydroxylation is 2. The van der Waals surface area contributed by atoms with E-state index in [2.05, 4.69) is 24.4 Å². The molecular weight excluding hydrogens is 442 g/mol. The summed E-state index contributed by atoms with van der Waals surface area (Å²) < 4.78 is 2.03. The van der Waals surface area contributed by atoms with Gasteiger partial charge >= 0.3 is 0 Å². The highest BCUT2D eigenvalue weighted by Gasteiger charge is 2.13. The maximum Gasteiger partial charge on any atom is 0.255 e. The van der Waals surface area contributed by atoms with Crippen LogP contribution in [0.5, 0.6) is 0 Å². The lowest BCUT2D eigenvalue weighted by Crippen LogP contribution is -2.14. The molecule has 1 N–H and O–H groups in total. The Balaban J connectivity index is 1.36. The number of carbonyl (C=O) groups is 1. The van der Waals surface area contributed by atoms with E-state index in [0.29, 0.717) is 17.0 Å². The number of pyridine rings is 1. The number of hydrogen-bond donors (Lipinski definition) is 1. The average molecular weight is 466 g/mol. The van der Waals surface area contributed by atoms with E-state index in [9.17, 15) is 4.79 Å². The van der Waals surface area contributed by atoms with Crippen LogP contribution in [0.1, 0.15) is 32.6 Å². The predicted molar refractivity (Wildman–Crippen MR) is 139 cm³/mol. The molecule has 5 heteroatoms. The van der Waals surface area contributed by atoms with Crippen molar-refractivity contribution in [2.75, 3.05) is 5.32 Å². The molecule has 0 aliphatic heterocycles. The van der Waals surface area contributed by atoms with E-state index in [1.54, 1.807) is 0 Å². The van der Waals surface area contributed by atoms with E-state index >= 15 is 0 Å². The molecule has 4 nitrogen and oxygen atoms in total. The zero-order chi connectivity index (χ0) is 23.7. The lowest BCUT2D eigenvalue weighted by molar-refractivity contribution is 0.102. The Morgan fingerprint density at radius 2 is 1.74 bits per heavy atom. The summed E-state index contributed by atoms with van der Waals surface area (Å²) in [7, 11) is 0. The number of fused-ring (bicyclic) bond motifs is 1. The number of aromatic nitrogens is 2. The van der Waals surface area contributed by atoms with E-state index in [1.807, 2.05) is 90.4 Å². The van der Waals surface area contributed by atoms with Gasteiger partial charge in [0.15, 0.2) is 0 Å². The molecule has 1 amide bonds. The highest BCUT2D eigenvalue weighted by molar-refractivity contribution is 6.30. The summed E-state index contributed by atoms with van der Waals surface area (Å²) in [5.74, 6) is -0.125. The largest absolute Gasteiger partial charge is 0.322 e. The summed E-state index contributed by atoms with van der Waals surface area (Å²) in [6, 6.07) is 25.5. The van der Waals surface area contributed by atoms with E-state index < -0.39 is 0 Å². The Hall–Kier alpha value is -3.89. The summed E-state index contributed by atoms with van der Waals surface area (Å²) in [6.45, 7) is 4.09. The topological polar surface area (TPSA) is 46.4 Å². The molecule has 0 aliphatic rings. The van der Waals surface area contributed by atoms with Gasteiger partial charge in [-0.2, -0.15) is 0 Å². The monoisotopic (exact) mass is 465 g/mol. The summed E-state index contributed by atoms with van der Waals surface area (Å²) in [5.41, 5.74) is 8.59. The lowest BCUT2D eigenvalue weighted by atomic mass is 9.97. The molecule has 0 radical (unpaired) electrons. The highest BCUT2D eigenvalue weighted by Crippen LogP contribution is 2.24. The van der Waals surface area contributed by atoms with E-state index in [0.717, 1.165) is 44.8 Å². The van der Waals surface area contributed by atoms with Crippen LogP contribution in [0.3, 0.4) is 0 Å². The van der Waals surface area contributed by atoms with Crippen LogP contribution in [0, 0.1) is 13.8 Å². The SMILES string of the molecule is Cc1ccc(C(=O)Nc2ccc(-c3cn4cccc(C)c4n3)cc2)c(Cc2ccc(Cl)cc2)c1. The van der Waals surface area contributed by atoms with Crippen LogP contribution in [0.2, 0.25) is 5.02 Å². The van der Waals surface area contributed by atoms with Crippen LogP contribution in [0.15, 0.2) is 91.3 Å². The van der Waals surface area contributed by atoms with Crippen molar-refractivity contribution in [1.82, 2.24) is 9.38 Å². The van der Waals surface area contributed by atoms with Gasteiger partial charge in [-0.05, 0) is 73.4 Å². The molecule has 3 aromatic carbocycles. The number of halogens is 1. The molecule has 168 valence electrons. The van der Waals surface area contributed by atoms with Crippen molar-refractivity contribution in [2.45, 2.75) is 20.3 Å². The first-order valence-electron chi connectivity index (χ1n) is 11.2. The second kappa shape index (κ2) is 9.16. The van der Waals surface area contributed by atoms with Gasteiger partial charge < -0.3 is 9.72 Å². The number of nitrogens with one attached hydrogen (secondary N) is 1. The highest BCUT2D eigenvalue weighted by atomic mass is 35.5. The van der Waals surface area contributed by atoms with Crippen molar-refractivity contribution in [3.63, 3.8) is 0 Å². The summed E-state index contributed by atoms with van der Waals surface area (Å²) >= 11 is 6.02. The van der Waals surface area contributed by atoms with Crippen molar-refractivity contribution < 1.29 is 4.79 Å². The van der Waals surface area contributed by atoms with Crippen LogP contribution < -0.4 is 5.32 Å². The van der Waals surface area contributed by atoms with Crippen molar-refractivity contribution >= 4 is 28.8 Å². The second-order valence-corrected chi connectivity index (χ2v) is 8.98. The lowest BCUT2D eigenvalue weighted by Gasteiger charge is -2.12. The molecule has 5 aromatic rings. The minimum absolute atomic E-state index is 0.125.